The zero-order chi connectivity index (χ0) is 20.5. The van der Waals surface area contributed by atoms with Gasteiger partial charge in [0.25, 0.3) is 0 Å². The molecule has 1 amide bonds. The van der Waals surface area contributed by atoms with Crippen molar-refractivity contribution in [3.05, 3.63) is 40.9 Å². The van der Waals surface area contributed by atoms with Gasteiger partial charge in [0.1, 0.15) is 11.5 Å². The zero-order valence-corrected chi connectivity index (χ0v) is 16.9. The highest BCUT2D eigenvalue weighted by Gasteiger charge is 2.23. The van der Waals surface area contributed by atoms with Gasteiger partial charge in [0.05, 0.1) is 36.4 Å². The minimum atomic E-state index is -3.76. The molecule has 0 unspecified atom stereocenters. The first kappa shape index (κ1) is 20.2. The lowest BCUT2D eigenvalue weighted by atomic mass is 10.2. The maximum Gasteiger partial charge on any atom is 0.243 e. The normalized spacial score (nSPS) is 13.2. The number of nitrogens with one attached hydrogen (secondary N) is 1. The minimum absolute atomic E-state index is 0.0650. The van der Waals surface area contributed by atoms with E-state index in [1.807, 2.05) is 4.90 Å². The Morgan fingerprint density at radius 2 is 1.93 bits per heavy atom. The molecule has 0 aromatic heterocycles. The van der Waals surface area contributed by atoms with Crippen molar-refractivity contribution in [2.45, 2.75) is 11.3 Å². The van der Waals surface area contributed by atoms with Crippen molar-refractivity contribution < 1.29 is 22.7 Å². The molecular formula is C18H20ClN3O5S. The topological polar surface area (TPSA) is 111 Å². The van der Waals surface area contributed by atoms with E-state index in [1.165, 1.54) is 20.3 Å². The van der Waals surface area contributed by atoms with E-state index in [0.717, 1.165) is 11.3 Å². The molecular weight excluding hydrogens is 406 g/mol. The average molecular weight is 426 g/mol. The summed E-state index contributed by atoms with van der Waals surface area (Å²) in [6.07, 6.45) is 0.629. The second-order valence-electron chi connectivity index (χ2n) is 6.24. The maximum atomic E-state index is 12.5. The number of amides is 1. The van der Waals surface area contributed by atoms with Gasteiger partial charge in [-0.05, 0) is 36.2 Å². The number of rotatable bonds is 6. The van der Waals surface area contributed by atoms with Crippen LogP contribution in [0.25, 0.3) is 0 Å². The molecule has 0 atom stereocenters. The molecule has 0 bridgehead atoms. The summed E-state index contributed by atoms with van der Waals surface area (Å²) in [4.78, 5) is 14.5. The molecule has 0 radical (unpaired) electrons. The predicted molar refractivity (Wildman–Crippen MR) is 107 cm³/mol. The number of hydrogen-bond donors (Lipinski definition) is 2. The lowest BCUT2D eigenvalue weighted by molar-refractivity contribution is -0.115. The van der Waals surface area contributed by atoms with Crippen molar-refractivity contribution in [3.8, 4) is 11.5 Å². The van der Waals surface area contributed by atoms with E-state index in [4.69, 9.17) is 26.2 Å². The Kier molecular flexibility index (Phi) is 5.69. The lowest BCUT2D eigenvalue weighted by Gasteiger charge is -2.20. The van der Waals surface area contributed by atoms with Gasteiger partial charge in [0, 0.05) is 18.3 Å². The number of fused-ring (bicyclic) bond motifs is 1. The standard InChI is InChI=1S/C18H20ClN3O5S/c1-26-16-9-17(27-2)14(8-13(16)19)21-18(23)10-22-6-5-11-7-12(28(20,24)25)3-4-15(11)22/h3-4,7-9H,5-6,10H2,1-2H3,(H,21,23)(H2,20,24,25). The highest BCUT2D eigenvalue weighted by Crippen LogP contribution is 2.36. The van der Waals surface area contributed by atoms with Crippen LogP contribution >= 0.6 is 11.6 Å². The number of sulfonamides is 1. The van der Waals surface area contributed by atoms with E-state index >= 15 is 0 Å². The average Bonchev–Trinajstić information content (AvgIpc) is 3.03. The monoisotopic (exact) mass is 425 g/mol. The Hall–Kier alpha value is -2.49. The Morgan fingerprint density at radius 1 is 1.21 bits per heavy atom. The molecule has 1 heterocycles. The smallest absolute Gasteiger partial charge is 0.243 e. The molecule has 0 spiro atoms. The molecule has 150 valence electrons. The quantitative estimate of drug-likeness (QED) is 0.732. The summed E-state index contributed by atoms with van der Waals surface area (Å²) in [6.45, 7) is 0.686. The molecule has 1 aliphatic heterocycles. The lowest BCUT2D eigenvalue weighted by Crippen LogP contribution is -2.32. The van der Waals surface area contributed by atoms with E-state index in [-0.39, 0.29) is 17.3 Å². The number of benzene rings is 2. The Labute approximate surface area is 168 Å². The van der Waals surface area contributed by atoms with Crippen molar-refractivity contribution >= 4 is 38.9 Å². The number of hydrogen-bond acceptors (Lipinski definition) is 6. The van der Waals surface area contributed by atoms with Crippen LogP contribution in [0, 0.1) is 0 Å². The van der Waals surface area contributed by atoms with Crippen LogP contribution in [0.4, 0.5) is 11.4 Å². The first-order valence-corrected chi connectivity index (χ1v) is 10.3. The van der Waals surface area contributed by atoms with Crippen LogP contribution in [0.5, 0.6) is 11.5 Å². The number of nitrogens with two attached hydrogens (primary N) is 1. The van der Waals surface area contributed by atoms with Crippen molar-refractivity contribution in [2.24, 2.45) is 5.14 Å². The molecule has 1 aliphatic rings. The van der Waals surface area contributed by atoms with Crippen LogP contribution in [0.1, 0.15) is 5.56 Å². The second-order valence-corrected chi connectivity index (χ2v) is 8.21. The van der Waals surface area contributed by atoms with E-state index in [2.05, 4.69) is 5.32 Å². The molecule has 2 aromatic carbocycles. The predicted octanol–water partition coefficient (Wildman–Crippen LogP) is 2.01. The van der Waals surface area contributed by atoms with Crippen LogP contribution < -0.4 is 24.8 Å². The molecule has 2 aromatic rings. The fraction of sp³-hybridized carbons (Fsp3) is 0.278. The Bertz CT molecular complexity index is 1030. The molecule has 10 heteroatoms. The first-order valence-electron chi connectivity index (χ1n) is 8.35. The summed E-state index contributed by atoms with van der Waals surface area (Å²) in [5, 5.41) is 8.31. The minimum Gasteiger partial charge on any atom is -0.495 e. The third-order valence-corrected chi connectivity index (χ3v) is 5.66. The first-order chi connectivity index (χ1) is 13.2. The molecule has 3 rings (SSSR count). The van der Waals surface area contributed by atoms with Crippen molar-refractivity contribution in [1.29, 1.82) is 0 Å². The molecule has 28 heavy (non-hydrogen) atoms. The van der Waals surface area contributed by atoms with Gasteiger partial charge in [-0.25, -0.2) is 13.6 Å². The van der Waals surface area contributed by atoms with Gasteiger partial charge in [-0.15, -0.1) is 0 Å². The van der Waals surface area contributed by atoms with E-state index in [0.29, 0.717) is 35.2 Å². The molecule has 0 saturated heterocycles. The van der Waals surface area contributed by atoms with Gasteiger partial charge < -0.3 is 19.7 Å². The largest absolute Gasteiger partial charge is 0.495 e. The summed E-state index contributed by atoms with van der Waals surface area (Å²) in [5.74, 6) is 0.604. The van der Waals surface area contributed by atoms with E-state index < -0.39 is 10.0 Å². The molecule has 8 nitrogen and oxygen atoms in total. The van der Waals surface area contributed by atoms with Crippen molar-refractivity contribution in [1.82, 2.24) is 0 Å². The highest BCUT2D eigenvalue weighted by molar-refractivity contribution is 7.89. The third-order valence-electron chi connectivity index (χ3n) is 4.45. The number of nitrogens with zero attached hydrogens (tertiary/aromatic N) is 1. The van der Waals surface area contributed by atoms with Crippen LogP contribution in [0.3, 0.4) is 0 Å². The second kappa shape index (κ2) is 7.86. The SMILES string of the molecule is COc1cc(OC)c(NC(=O)CN2CCc3cc(S(N)(=O)=O)ccc32)cc1Cl. The number of anilines is 2. The molecule has 0 fully saturated rings. The number of methoxy groups -OCH3 is 2. The fourth-order valence-corrected chi connectivity index (χ4v) is 3.91. The summed E-state index contributed by atoms with van der Waals surface area (Å²) in [6, 6.07) is 7.82. The van der Waals surface area contributed by atoms with Crippen molar-refractivity contribution in [2.75, 3.05) is 37.5 Å². The van der Waals surface area contributed by atoms with Crippen LogP contribution in [0.2, 0.25) is 5.02 Å². The van der Waals surface area contributed by atoms with Gasteiger partial charge in [-0.2, -0.15) is 0 Å². The van der Waals surface area contributed by atoms with E-state index in [9.17, 15) is 13.2 Å². The van der Waals surface area contributed by atoms with Gasteiger partial charge in [-0.1, -0.05) is 11.6 Å². The van der Waals surface area contributed by atoms with Gasteiger partial charge in [-0.3, -0.25) is 4.79 Å². The molecule has 0 aliphatic carbocycles. The number of ether oxygens (including phenoxy) is 2. The summed E-state index contributed by atoms with van der Waals surface area (Å²) in [5.41, 5.74) is 2.08. The fourth-order valence-electron chi connectivity index (χ4n) is 3.11. The summed E-state index contributed by atoms with van der Waals surface area (Å²) in [7, 11) is -0.782. The van der Waals surface area contributed by atoms with Gasteiger partial charge in [0.2, 0.25) is 15.9 Å². The number of carbonyl (C=O) groups is 1. The van der Waals surface area contributed by atoms with Crippen LogP contribution in [-0.4, -0.2) is 41.6 Å². The summed E-state index contributed by atoms with van der Waals surface area (Å²) < 4.78 is 33.4. The summed E-state index contributed by atoms with van der Waals surface area (Å²) >= 11 is 6.13. The van der Waals surface area contributed by atoms with Crippen LogP contribution in [0.15, 0.2) is 35.2 Å². The maximum absolute atomic E-state index is 12.5. The van der Waals surface area contributed by atoms with Crippen molar-refractivity contribution in [3.63, 3.8) is 0 Å². The number of halogens is 1. The number of primary sulfonamides is 1. The molecule has 3 N–H and O–H groups in total. The van der Waals surface area contributed by atoms with Gasteiger partial charge in [0.15, 0.2) is 0 Å². The van der Waals surface area contributed by atoms with E-state index in [1.54, 1.807) is 24.3 Å². The Morgan fingerprint density at radius 3 is 2.57 bits per heavy atom. The Balaban J connectivity index is 1.75. The highest BCUT2D eigenvalue weighted by atomic mass is 35.5. The third kappa shape index (κ3) is 4.16. The molecule has 0 saturated carbocycles. The van der Waals surface area contributed by atoms with Crippen LogP contribution in [-0.2, 0) is 21.2 Å². The van der Waals surface area contributed by atoms with Gasteiger partial charge >= 0.3 is 0 Å². The zero-order valence-electron chi connectivity index (χ0n) is 15.4. The number of carbonyl (C=O) groups excluding carboxylic acids is 1.